The average molecular weight is 285 g/mol. The summed E-state index contributed by atoms with van der Waals surface area (Å²) in [6, 6.07) is 8.01. The van der Waals surface area contributed by atoms with Crippen molar-refractivity contribution in [1.29, 1.82) is 0 Å². The highest BCUT2D eigenvalue weighted by atomic mass is 32.2. The van der Waals surface area contributed by atoms with Crippen LogP contribution in [0.4, 0.5) is 0 Å². The molecule has 0 saturated heterocycles. The predicted molar refractivity (Wildman–Crippen MR) is 72.9 cm³/mol. The van der Waals surface area contributed by atoms with E-state index >= 15 is 0 Å². The fourth-order valence-corrected chi connectivity index (χ4v) is 2.59. The van der Waals surface area contributed by atoms with Crippen molar-refractivity contribution < 1.29 is 13.2 Å². The Kier molecular flexibility index (Phi) is 5.94. The van der Waals surface area contributed by atoms with E-state index in [9.17, 15) is 13.2 Å². The Hall–Kier alpha value is -1.44. The molecule has 0 aliphatic carbocycles. The molecule has 1 aromatic carbocycles. The zero-order valence-electron chi connectivity index (χ0n) is 10.9. The Labute approximate surface area is 113 Å². The highest BCUT2D eigenvalue weighted by molar-refractivity contribution is 7.89. The second kappa shape index (κ2) is 7.22. The van der Waals surface area contributed by atoms with Crippen molar-refractivity contribution >= 4 is 15.9 Å². The summed E-state index contributed by atoms with van der Waals surface area (Å²) >= 11 is 0. The van der Waals surface area contributed by atoms with E-state index in [4.69, 9.17) is 5.73 Å². The third kappa shape index (κ3) is 4.62. The van der Waals surface area contributed by atoms with Crippen LogP contribution in [0.2, 0.25) is 0 Å². The molecule has 0 fully saturated rings. The second-order valence-electron chi connectivity index (χ2n) is 4.07. The Morgan fingerprint density at radius 1 is 1.32 bits per heavy atom. The minimum absolute atomic E-state index is 0.173. The van der Waals surface area contributed by atoms with Crippen molar-refractivity contribution in [2.75, 3.05) is 26.7 Å². The molecule has 0 atom stereocenters. The molecule has 106 valence electrons. The molecule has 0 spiro atoms. The average Bonchev–Trinajstić information content (AvgIpc) is 2.40. The fourth-order valence-electron chi connectivity index (χ4n) is 1.45. The number of amides is 1. The smallest absolute Gasteiger partial charge is 0.243 e. The lowest BCUT2D eigenvalue weighted by atomic mass is 10.4. The lowest BCUT2D eigenvalue weighted by Gasteiger charge is -2.16. The number of nitrogens with one attached hydrogen (secondary N) is 1. The summed E-state index contributed by atoms with van der Waals surface area (Å²) in [6.07, 6.45) is 0.668. The molecule has 1 amide bonds. The van der Waals surface area contributed by atoms with Crippen molar-refractivity contribution in [3.8, 4) is 0 Å². The van der Waals surface area contributed by atoms with Crippen molar-refractivity contribution in [3.05, 3.63) is 30.3 Å². The van der Waals surface area contributed by atoms with E-state index in [1.54, 1.807) is 18.2 Å². The van der Waals surface area contributed by atoms with Crippen LogP contribution >= 0.6 is 0 Å². The Morgan fingerprint density at radius 3 is 2.53 bits per heavy atom. The number of hydrogen-bond acceptors (Lipinski definition) is 4. The molecule has 6 nitrogen and oxygen atoms in total. The summed E-state index contributed by atoms with van der Waals surface area (Å²) in [5.41, 5.74) is 5.30. The number of hydrogen-bond donors (Lipinski definition) is 2. The highest BCUT2D eigenvalue weighted by Crippen LogP contribution is 2.12. The zero-order valence-corrected chi connectivity index (χ0v) is 11.7. The molecule has 0 bridgehead atoms. The summed E-state index contributed by atoms with van der Waals surface area (Å²) in [4.78, 5) is 11.7. The maximum atomic E-state index is 12.1. The molecular formula is C12H19N3O3S. The molecule has 0 saturated carbocycles. The number of carbonyl (C=O) groups is 1. The SMILES string of the molecule is CN(CC(=O)NCCCN)S(=O)(=O)c1ccccc1. The highest BCUT2D eigenvalue weighted by Gasteiger charge is 2.22. The van der Waals surface area contributed by atoms with Gasteiger partial charge in [0.05, 0.1) is 11.4 Å². The first-order valence-electron chi connectivity index (χ1n) is 5.96. The van der Waals surface area contributed by atoms with Gasteiger partial charge in [0, 0.05) is 13.6 Å². The molecule has 0 aromatic heterocycles. The molecule has 0 aliphatic rings. The fraction of sp³-hybridized carbons (Fsp3) is 0.417. The van der Waals surface area contributed by atoms with Gasteiger partial charge in [-0.25, -0.2) is 8.42 Å². The molecule has 7 heteroatoms. The molecule has 19 heavy (non-hydrogen) atoms. The summed E-state index contributed by atoms with van der Waals surface area (Å²) in [7, 11) is -2.24. The van der Waals surface area contributed by atoms with Crippen LogP contribution in [0.5, 0.6) is 0 Å². The minimum Gasteiger partial charge on any atom is -0.355 e. The molecule has 0 radical (unpaired) electrons. The quantitative estimate of drug-likeness (QED) is 0.677. The molecule has 3 N–H and O–H groups in total. The van der Waals surface area contributed by atoms with Crippen LogP contribution in [0.1, 0.15) is 6.42 Å². The van der Waals surface area contributed by atoms with E-state index in [0.29, 0.717) is 19.5 Å². The number of likely N-dealkylation sites (N-methyl/N-ethyl adjacent to an activating group) is 1. The van der Waals surface area contributed by atoms with Gasteiger partial charge in [-0.2, -0.15) is 4.31 Å². The van der Waals surface area contributed by atoms with Crippen LogP contribution in [0.25, 0.3) is 0 Å². The maximum Gasteiger partial charge on any atom is 0.243 e. The number of benzene rings is 1. The van der Waals surface area contributed by atoms with Gasteiger partial charge in [-0.3, -0.25) is 4.79 Å². The number of carbonyl (C=O) groups excluding carboxylic acids is 1. The maximum absolute atomic E-state index is 12.1. The third-order valence-corrected chi connectivity index (χ3v) is 4.34. The van der Waals surface area contributed by atoms with Crippen LogP contribution in [0, 0.1) is 0 Å². The van der Waals surface area contributed by atoms with E-state index in [2.05, 4.69) is 5.32 Å². The third-order valence-electron chi connectivity index (χ3n) is 2.52. The summed E-state index contributed by atoms with van der Waals surface area (Å²) in [5.74, 6) is -0.338. The molecule has 0 aliphatic heterocycles. The topological polar surface area (TPSA) is 92.5 Å². The van der Waals surface area contributed by atoms with Gasteiger partial charge in [0.1, 0.15) is 0 Å². The van der Waals surface area contributed by atoms with E-state index in [-0.39, 0.29) is 17.3 Å². The minimum atomic E-state index is -3.62. The van der Waals surface area contributed by atoms with Gasteiger partial charge in [0.15, 0.2) is 0 Å². The summed E-state index contributed by atoms with van der Waals surface area (Å²) < 4.78 is 25.3. The van der Waals surface area contributed by atoms with Crippen molar-refractivity contribution in [3.63, 3.8) is 0 Å². The molecule has 1 aromatic rings. The number of rotatable bonds is 7. The van der Waals surface area contributed by atoms with Gasteiger partial charge in [-0.05, 0) is 25.1 Å². The van der Waals surface area contributed by atoms with Crippen LogP contribution in [-0.2, 0) is 14.8 Å². The van der Waals surface area contributed by atoms with Crippen molar-refractivity contribution in [2.24, 2.45) is 5.73 Å². The van der Waals surface area contributed by atoms with Gasteiger partial charge in [-0.15, -0.1) is 0 Å². The molecular weight excluding hydrogens is 266 g/mol. The predicted octanol–water partition coefficient (Wildman–Crippen LogP) is -0.228. The van der Waals surface area contributed by atoms with E-state index in [1.807, 2.05) is 0 Å². The van der Waals surface area contributed by atoms with Gasteiger partial charge in [0.2, 0.25) is 15.9 Å². The number of sulfonamides is 1. The first kappa shape index (κ1) is 15.6. The van der Waals surface area contributed by atoms with Crippen molar-refractivity contribution in [1.82, 2.24) is 9.62 Å². The van der Waals surface area contributed by atoms with Crippen LogP contribution < -0.4 is 11.1 Å². The summed E-state index contributed by atoms with van der Waals surface area (Å²) in [6.45, 7) is 0.731. The molecule has 0 unspecified atom stereocenters. The van der Waals surface area contributed by atoms with Gasteiger partial charge >= 0.3 is 0 Å². The Bertz CT molecular complexity index is 502. The van der Waals surface area contributed by atoms with Crippen molar-refractivity contribution in [2.45, 2.75) is 11.3 Å². The van der Waals surface area contributed by atoms with Crippen LogP contribution in [-0.4, -0.2) is 45.3 Å². The van der Waals surface area contributed by atoms with Gasteiger partial charge in [0.25, 0.3) is 0 Å². The van der Waals surface area contributed by atoms with Gasteiger partial charge < -0.3 is 11.1 Å². The van der Waals surface area contributed by atoms with Crippen LogP contribution in [0.15, 0.2) is 35.2 Å². The first-order valence-corrected chi connectivity index (χ1v) is 7.40. The monoisotopic (exact) mass is 285 g/mol. The number of nitrogens with zero attached hydrogens (tertiary/aromatic N) is 1. The zero-order chi connectivity index (χ0) is 14.3. The Balaban J connectivity index is 2.62. The van der Waals surface area contributed by atoms with Gasteiger partial charge in [-0.1, -0.05) is 18.2 Å². The van der Waals surface area contributed by atoms with E-state index < -0.39 is 10.0 Å². The number of nitrogens with two attached hydrogens (primary N) is 1. The Morgan fingerprint density at radius 2 is 1.95 bits per heavy atom. The van der Waals surface area contributed by atoms with Crippen LogP contribution in [0.3, 0.4) is 0 Å². The lowest BCUT2D eigenvalue weighted by molar-refractivity contribution is -0.121. The van der Waals surface area contributed by atoms with E-state index in [0.717, 1.165) is 4.31 Å². The summed E-state index contributed by atoms with van der Waals surface area (Å²) in [5, 5.41) is 2.61. The second-order valence-corrected chi connectivity index (χ2v) is 6.11. The molecule has 1 rings (SSSR count). The normalized spacial score (nSPS) is 11.5. The first-order chi connectivity index (χ1) is 8.98. The molecule has 0 heterocycles. The van der Waals surface area contributed by atoms with E-state index in [1.165, 1.54) is 19.2 Å². The standard InChI is InChI=1S/C12H19N3O3S/c1-15(10-12(16)14-9-5-8-13)19(17,18)11-6-3-2-4-7-11/h2-4,6-7H,5,8-10,13H2,1H3,(H,14,16). The lowest BCUT2D eigenvalue weighted by Crippen LogP contribution is -2.38. The largest absolute Gasteiger partial charge is 0.355 e.